The molecule has 33 heavy (non-hydrogen) atoms. The van der Waals surface area contributed by atoms with Crippen molar-refractivity contribution >= 4 is 5.91 Å². The molecule has 1 aliphatic heterocycles. The van der Waals surface area contributed by atoms with E-state index in [0.29, 0.717) is 13.0 Å². The molecule has 5 rings (SSSR count). The molecular weight excluding hydrogens is 442 g/mol. The van der Waals surface area contributed by atoms with Crippen molar-refractivity contribution in [2.75, 3.05) is 6.54 Å². The minimum Gasteiger partial charge on any atom is -0.472 e. The van der Waals surface area contributed by atoms with Crippen molar-refractivity contribution in [2.24, 2.45) is 5.92 Å². The Kier molecular flexibility index (Phi) is 5.18. The van der Waals surface area contributed by atoms with Gasteiger partial charge in [0.05, 0.1) is 29.6 Å². The van der Waals surface area contributed by atoms with Crippen molar-refractivity contribution in [2.45, 2.75) is 31.2 Å². The summed E-state index contributed by atoms with van der Waals surface area (Å²) in [5, 5.41) is 0. The van der Waals surface area contributed by atoms with Crippen molar-refractivity contribution in [1.82, 2.24) is 24.8 Å². The van der Waals surface area contributed by atoms with E-state index in [2.05, 4.69) is 19.9 Å². The van der Waals surface area contributed by atoms with Crippen LogP contribution in [0.25, 0.3) is 11.5 Å². The van der Waals surface area contributed by atoms with Gasteiger partial charge in [-0.25, -0.2) is 19.3 Å². The molecule has 1 aliphatic carbocycles. The first-order valence-electron chi connectivity index (χ1n) is 10.2. The molecule has 1 amide bonds. The van der Waals surface area contributed by atoms with Gasteiger partial charge in [-0.05, 0) is 37.0 Å². The van der Waals surface area contributed by atoms with Gasteiger partial charge < -0.3 is 9.64 Å². The van der Waals surface area contributed by atoms with Crippen LogP contribution in [-0.2, 0) is 6.18 Å². The van der Waals surface area contributed by atoms with Crippen LogP contribution in [-0.4, -0.2) is 49.4 Å². The standard InChI is InChI=1S/C22H17F4N5O2/c23-14-9-29-20(30-10-14)19-15(2-1-5-27-19)21(32)31-11-12-6-16(31)17(7-12)33-18-4-3-13(8-28-18)22(24,25)26/h1-5,8-10,12,16-17H,6-7,11H2/t12-,16+,17-/m1/s1. The third-order valence-corrected chi connectivity index (χ3v) is 5.89. The lowest BCUT2D eigenvalue weighted by atomic mass is 10.1. The van der Waals surface area contributed by atoms with E-state index in [1.165, 1.54) is 12.3 Å². The van der Waals surface area contributed by atoms with Crippen molar-refractivity contribution in [3.8, 4) is 17.4 Å². The molecule has 3 aromatic heterocycles. The predicted octanol–water partition coefficient (Wildman–Crippen LogP) is 3.77. The number of nitrogens with zero attached hydrogens (tertiary/aromatic N) is 5. The number of hydrogen-bond acceptors (Lipinski definition) is 6. The normalized spacial score (nSPS) is 21.9. The van der Waals surface area contributed by atoms with Crippen LogP contribution in [0.2, 0.25) is 0 Å². The van der Waals surface area contributed by atoms with Crippen LogP contribution >= 0.6 is 0 Å². The Balaban J connectivity index is 1.35. The fraction of sp³-hybridized carbons (Fsp3) is 0.318. The molecule has 0 aromatic carbocycles. The highest BCUT2D eigenvalue weighted by Gasteiger charge is 2.49. The van der Waals surface area contributed by atoms with Crippen LogP contribution in [0.5, 0.6) is 5.88 Å². The Morgan fingerprint density at radius 3 is 2.48 bits per heavy atom. The molecule has 0 unspecified atom stereocenters. The van der Waals surface area contributed by atoms with E-state index in [4.69, 9.17) is 4.74 Å². The van der Waals surface area contributed by atoms with Gasteiger partial charge in [-0.15, -0.1) is 0 Å². The quantitative estimate of drug-likeness (QED) is 0.553. The average molecular weight is 459 g/mol. The zero-order valence-corrected chi connectivity index (χ0v) is 17.0. The summed E-state index contributed by atoms with van der Waals surface area (Å²) in [5.41, 5.74) is -0.332. The fourth-order valence-electron chi connectivity index (χ4n) is 4.44. The van der Waals surface area contributed by atoms with Gasteiger partial charge in [0.15, 0.2) is 11.6 Å². The molecule has 0 spiro atoms. The molecule has 2 bridgehead atoms. The summed E-state index contributed by atoms with van der Waals surface area (Å²) >= 11 is 0. The number of fused-ring (bicyclic) bond motifs is 2. The molecule has 11 heteroatoms. The highest BCUT2D eigenvalue weighted by atomic mass is 19.4. The summed E-state index contributed by atoms with van der Waals surface area (Å²) < 4.78 is 57.4. The lowest BCUT2D eigenvalue weighted by Crippen LogP contribution is -2.47. The van der Waals surface area contributed by atoms with Gasteiger partial charge >= 0.3 is 6.18 Å². The molecule has 1 saturated heterocycles. The van der Waals surface area contributed by atoms with Gasteiger partial charge in [0.25, 0.3) is 5.91 Å². The van der Waals surface area contributed by atoms with E-state index in [1.54, 1.807) is 17.0 Å². The van der Waals surface area contributed by atoms with E-state index in [-0.39, 0.29) is 46.9 Å². The maximum Gasteiger partial charge on any atom is 0.417 e. The minimum atomic E-state index is -4.48. The number of carbonyl (C=O) groups excluding carboxylic acids is 1. The Bertz CT molecular complexity index is 1170. The SMILES string of the molecule is O=C(c1cccnc1-c1ncc(F)cn1)N1C[C@H]2C[C@@H](Oc3ccc(C(F)(F)F)cn3)[C@@H]1C2. The lowest BCUT2D eigenvalue weighted by Gasteiger charge is -2.33. The second kappa shape index (κ2) is 8.05. The summed E-state index contributed by atoms with van der Waals surface area (Å²) in [6.07, 6.45) is 0.773. The first-order chi connectivity index (χ1) is 15.8. The van der Waals surface area contributed by atoms with E-state index in [1.807, 2.05) is 0 Å². The van der Waals surface area contributed by atoms with E-state index >= 15 is 0 Å². The maximum absolute atomic E-state index is 13.4. The van der Waals surface area contributed by atoms with Crippen LogP contribution < -0.4 is 4.74 Å². The molecule has 2 aliphatic rings. The van der Waals surface area contributed by atoms with Crippen molar-refractivity contribution in [3.63, 3.8) is 0 Å². The van der Waals surface area contributed by atoms with Gasteiger partial charge in [0.2, 0.25) is 5.88 Å². The number of likely N-dealkylation sites (tertiary alicyclic amines) is 1. The van der Waals surface area contributed by atoms with Gasteiger partial charge in [-0.1, -0.05) is 0 Å². The van der Waals surface area contributed by atoms with Gasteiger partial charge in [0, 0.05) is 25.0 Å². The second-order valence-electron chi connectivity index (χ2n) is 8.03. The largest absolute Gasteiger partial charge is 0.472 e. The molecule has 2 fully saturated rings. The number of carbonyl (C=O) groups is 1. The molecule has 3 atom stereocenters. The molecular formula is C22H17F4N5O2. The Labute approximate surface area is 185 Å². The minimum absolute atomic E-state index is 0.0785. The number of piperidine rings is 1. The van der Waals surface area contributed by atoms with Crippen LogP contribution in [0.3, 0.4) is 0 Å². The first-order valence-corrected chi connectivity index (χ1v) is 10.2. The number of hydrogen-bond donors (Lipinski definition) is 0. The topological polar surface area (TPSA) is 81.1 Å². The number of rotatable bonds is 4. The van der Waals surface area contributed by atoms with E-state index in [9.17, 15) is 22.4 Å². The smallest absolute Gasteiger partial charge is 0.417 e. The first kappa shape index (κ1) is 21.2. The van der Waals surface area contributed by atoms with Gasteiger partial charge in [-0.3, -0.25) is 9.78 Å². The summed E-state index contributed by atoms with van der Waals surface area (Å²) in [5.74, 6) is -0.467. The van der Waals surface area contributed by atoms with Crippen LogP contribution in [0.1, 0.15) is 28.8 Å². The number of halogens is 4. The molecule has 4 heterocycles. The van der Waals surface area contributed by atoms with Crippen molar-refractivity contribution in [3.05, 3.63) is 66.0 Å². The predicted molar refractivity (Wildman–Crippen MR) is 106 cm³/mol. The highest BCUT2D eigenvalue weighted by Crippen LogP contribution is 2.41. The van der Waals surface area contributed by atoms with Crippen molar-refractivity contribution < 1.29 is 27.1 Å². The van der Waals surface area contributed by atoms with E-state index < -0.39 is 17.6 Å². The third-order valence-electron chi connectivity index (χ3n) is 5.89. The number of aromatic nitrogens is 4. The summed E-state index contributed by atoms with van der Waals surface area (Å²) in [6, 6.07) is 5.08. The van der Waals surface area contributed by atoms with E-state index in [0.717, 1.165) is 31.1 Å². The molecule has 0 radical (unpaired) electrons. The van der Waals surface area contributed by atoms with Gasteiger partial charge in [0.1, 0.15) is 11.8 Å². The molecule has 3 aromatic rings. The third kappa shape index (κ3) is 4.10. The molecule has 0 N–H and O–H groups in total. The second-order valence-corrected chi connectivity index (χ2v) is 8.03. The highest BCUT2D eigenvalue weighted by molar-refractivity contribution is 5.99. The van der Waals surface area contributed by atoms with Crippen LogP contribution in [0, 0.1) is 11.7 Å². The molecule has 7 nitrogen and oxygen atoms in total. The number of amides is 1. The monoisotopic (exact) mass is 459 g/mol. The Hall–Kier alpha value is -3.63. The Morgan fingerprint density at radius 1 is 1.03 bits per heavy atom. The fourth-order valence-corrected chi connectivity index (χ4v) is 4.44. The van der Waals surface area contributed by atoms with Crippen molar-refractivity contribution in [1.29, 1.82) is 0 Å². The summed E-state index contributed by atoms with van der Waals surface area (Å²) in [4.78, 5) is 31.0. The lowest BCUT2D eigenvalue weighted by molar-refractivity contribution is -0.137. The number of alkyl halides is 3. The Morgan fingerprint density at radius 2 is 1.82 bits per heavy atom. The average Bonchev–Trinajstić information content (AvgIpc) is 3.40. The summed E-state index contributed by atoms with van der Waals surface area (Å²) in [7, 11) is 0. The zero-order valence-electron chi connectivity index (χ0n) is 17.0. The van der Waals surface area contributed by atoms with Crippen LogP contribution in [0.4, 0.5) is 17.6 Å². The molecule has 170 valence electrons. The zero-order chi connectivity index (χ0) is 23.2. The number of pyridine rings is 2. The van der Waals surface area contributed by atoms with Gasteiger partial charge in [-0.2, -0.15) is 13.2 Å². The summed E-state index contributed by atoms with van der Waals surface area (Å²) in [6.45, 7) is 0.530. The molecule has 1 saturated carbocycles. The number of ether oxygens (including phenoxy) is 1. The maximum atomic E-state index is 13.4. The van der Waals surface area contributed by atoms with Crippen LogP contribution in [0.15, 0.2) is 49.1 Å².